The third-order valence-electron chi connectivity index (χ3n) is 3.14. The summed E-state index contributed by atoms with van der Waals surface area (Å²) in [4.78, 5) is 12.0. The van der Waals surface area contributed by atoms with E-state index in [1.54, 1.807) is 0 Å². The number of hydrogen-bond acceptors (Lipinski definition) is 3. The van der Waals surface area contributed by atoms with Gasteiger partial charge in [-0.1, -0.05) is 38.1 Å². The van der Waals surface area contributed by atoms with E-state index in [-0.39, 0.29) is 11.7 Å². The predicted molar refractivity (Wildman–Crippen MR) is 76.4 cm³/mol. The molecule has 0 bridgehead atoms. The summed E-state index contributed by atoms with van der Waals surface area (Å²) in [6.45, 7) is 8.46. The lowest BCUT2D eigenvalue weighted by atomic mass is 9.96. The lowest BCUT2D eigenvalue weighted by Gasteiger charge is -2.08. The zero-order valence-electron chi connectivity index (χ0n) is 12.1. The van der Waals surface area contributed by atoms with Gasteiger partial charge in [-0.2, -0.15) is 0 Å². The molecule has 0 aliphatic heterocycles. The average Bonchev–Trinajstić information content (AvgIpc) is 2.46. The van der Waals surface area contributed by atoms with Crippen LogP contribution in [0.25, 0.3) is 0 Å². The lowest BCUT2D eigenvalue weighted by Crippen LogP contribution is -2.10. The first kappa shape index (κ1) is 15.9. The van der Waals surface area contributed by atoms with Crippen LogP contribution in [0.15, 0.2) is 24.3 Å². The van der Waals surface area contributed by atoms with Gasteiger partial charge in [0, 0.05) is 18.1 Å². The summed E-state index contributed by atoms with van der Waals surface area (Å²) in [6, 6.07) is 7.68. The Morgan fingerprint density at radius 2 is 1.74 bits per heavy atom. The predicted octanol–water partition coefficient (Wildman–Crippen LogP) is 3.47. The van der Waals surface area contributed by atoms with E-state index >= 15 is 0 Å². The fourth-order valence-corrected chi connectivity index (χ4v) is 1.69. The molecule has 0 aromatic heterocycles. The Hall–Kier alpha value is -1.19. The lowest BCUT2D eigenvalue weighted by molar-refractivity contribution is 0.0453. The minimum atomic E-state index is 0.0910. The topological polar surface area (TPSA) is 35.5 Å². The van der Waals surface area contributed by atoms with Crippen LogP contribution in [0, 0.1) is 5.92 Å². The molecule has 0 fully saturated rings. The second-order valence-electron chi connectivity index (χ2n) is 4.62. The van der Waals surface area contributed by atoms with Gasteiger partial charge in [0.15, 0.2) is 5.78 Å². The van der Waals surface area contributed by atoms with Crippen molar-refractivity contribution in [1.29, 1.82) is 0 Å². The van der Waals surface area contributed by atoms with Crippen molar-refractivity contribution in [2.24, 2.45) is 5.92 Å². The average molecular weight is 264 g/mol. The van der Waals surface area contributed by atoms with E-state index in [0.29, 0.717) is 19.8 Å². The third kappa shape index (κ3) is 5.53. The number of ether oxygens (including phenoxy) is 2. The number of carbonyl (C=O) groups is 1. The highest BCUT2D eigenvalue weighted by molar-refractivity contribution is 5.97. The summed E-state index contributed by atoms with van der Waals surface area (Å²) < 4.78 is 10.7. The van der Waals surface area contributed by atoms with E-state index in [4.69, 9.17) is 9.47 Å². The number of carbonyl (C=O) groups excluding carboxylic acids is 1. The molecule has 106 valence electrons. The summed E-state index contributed by atoms with van der Waals surface area (Å²) in [7, 11) is 0. The van der Waals surface area contributed by atoms with Crippen LogP contribution in [0.2, 0.25) is 0 Å². The zero-order chi connectivity index (χ0) is 14.1. The van der Waals surface area contributed by atoms with Gasteiger partial charge >= 0.3 is 0 Å². The SMILES string of the molecule is CCOCCOCc1ccc(C(=O)[C@@H](C)CC)cc1. The van der Waals surface area contributed by atoms with E-state index in [9.17, 15) is 4.79 Å². The normalized spacial score (nSPS) is 12.4. The van der Waals surface area contributed by atoms with Gasteiger partial charge in [0.2, 0.25) is 0 Å². The number of ketones is 1. The molecule has 0 heterocycles. The van der Waals surface area contributed by atoms with Crippen molar-refractivity contribution in [2.75, 3.05) is 19.8 Å². The van der Waals surface area contributed by atoms with Crippen molar-refractivity contribution in [2.45, 2.75) is 33.8 Å². The number of benzene rings is 1. The van der Waals surface area contributed by atoms with E-state index in [1.807, 2.05) is 45.0 Å². The summed E-state index contributed by atoms with van der Waals surface area (Å²) in [5.41, 5.74) is 1.87. The molecule has 0 aliphatic carbocycles. The molecule has 1 aromatic rings. The first-order chi connectivity index (χ1) is 9.19. The van der Waals surface area contributed by atoms with Crippen molar-refractivity contribution in [3.8, 4) is 0 Å². The van der Waals surface area contributed by atoms with Crippen molar-refractivity contribution >= 4 is 5.78 Å². The van der Waals surface area contributed by atoms with Gasteiger partial charge in [0.1, 0.15) is 0 Å². The molecule has 0 saturated carbocycles. The van der Waals surface area contributed by atoms with Gasteiger partial charge in [-0.15, -0.1) is 0 Å². The van der Waals surface area contributed by atoms with Crippen LogP contribution in [0.3, 0.4) is 0 Å². The molecule has 0 spiro atoms. The monoisotopic (exact) mass is 264 g/mol. The summed E-state index contributed by atoms with van der Waals surface area (Å²) in [6.07, 6.45) is 0.876. The quantitative estimate of drug-likeness (QED) is 0.506. The molecule has 1 rings (SSSR count). The zero-order valence-corrected chi connectivity index (χ0v) is 12.1. The van der Waals surface area contributed by atoms with Crippen LogP contribution in [-0.2, 0) is 16.1 Å². The maximum absolute atomic E-state index is 12.0. The van der Waals surface area contributed by atoms with Gasteiger partial charge in [0.05, 0.1) is 19.8 Å². The van der Waals surface area contributed by atoms with Crippen molar-refractivity contribution in [3.05, 3.63) is 35.4 Å². The van der Waals surface area contributed by atoms with Crippen molar-refractivity contribution in [1.82, 2.24) is 0 Å². The van der Waals surface area contributed by atoms with Gasteiger partial charge in [-0.25, -0.2) is 0 Å². The first-order valence-corrected chi connectivity index (χ1v) is 6.97. The minimum absolute atomic E-state index is 0.0910. The fraction of sp³-hybridized carbons (Fsp3) is 0.562. The van der Waals surface area contributed by atoms with Crippen LogP contribution in [0.5, 0.6) is 0 Å². The molecule has 0 radical (unpaired) electrons. The Morgan fingerprint density at radius 3 is 2.32 bits per heavy atom. The van der Waals surface area contributed by atoms with Crippen LogP contribution in [0.4, 0.5) is 0 Å². The van der Waals surface area contributed by atoms with Crippen LogP contribution >= 0.6 is 0 Å². The Kier molecular flexibility index (Phi) is 7.38. The molecule has 0 saturated heterocycles. The smallest absolute Gasteiger partial charge is 0.165 e. The highest BCUT2D eigenvalue weighted by Gasteiger charge is 2.12. The van der Waals surface area contributed by atoms with E-state index < -0.39 is 0 Å². The Morgan fingerprint density at radius 1 is 1.11 bits per heavy atom. The van der Waals surface area contributed by atoms with E-state index in [2.05, 4.69) is 0 Å². The maximum Gasteiger partial charge on any atom is 0.165 e. The molecule has 1 aromatic carbocycles. The molecular formula is C16H24O3. The molecular weight excluding hydrogens is 240 g/mol. The van der Waals surface area contributed by atoms with Crippen molar-refractivity contribution < 1.29 is 14.3 Å². The Bertz CT molecular complexity index is 370. The summed E-state index contributed by atoms with van der Waals surface area (Å²) >= 11 is 0. The van der Waals surface area contributed by atoms with Crippen LogP contribution in [-0.4, -0.2) is 25.6 Å². The highest BCUT2D eigenvalue weighted by atomic mass is 16.5. The Labute approximate surface area is 115 Å². The van der Waals surface area contributed by atoms with Crippen molar-refractivity contribution in [3.63, 3.8) is 0 Å². The van der Waals surface area contributed by atoms with E-state index in [0.717, 1.165) is 24.2 Å². The molecule has 0 aliphatic rings. The molecule has 0 unspecified atom stereocenters. The largest absolute Gasteiger partial charge is 0.379 e. The van der Waals surface area contributed by atoms with Gasteiger partial charge in [-0.05, 0) is 18.9 Å². The second kappa shape index (κ2) is 8.83. The van der Waals surface area contributed by atoms with E-state index in [1.165, 1.54) is 0 Å². The standard InChI is InChI=1S/C16H24O3/c1-4-13(3)16(17)15-8-6-14(7-9-15)12-19-11-10-18-5-2/h6-9,13H,4-5,10-12H2,1-3H3/t13-/m0/s1. The number of rotatable bonds is 9. The molecule has 19 heavy (non-hydrogen) atoms. The first-order valence-electron chi connectivity index (χ1n) is 6.97. The Balaban J connectivity index is 2.41. The molecule has 1 atom stereocenters. The number of hydrogen-bond donors (Lipinski definition) is 0. The van der Waals surface area contributed by atoms with Gasteiger partial charge < -0.3 is 9.47 Å². The third-order valence-corrected chi connectivity index (χ3v) is 3.14. The van der Waals surface area contributed by atoms with Crippen LogP contribution < -0.4 is 0 Å². The van der Waals surface area contributed by atoms with Gasteiger partial charge in [0.25, 0.3) is 0 Å². The summed E-state index contributed by atoms with van der Waals surface area (Å²) in [5.74, 6) is 0.305. The second-order valence-corrected chi connectivity index (χ2v) is 4.62. The molecule has 0 N–H and O–H groups in total. The highest BCUT2D eigenvalue weighted by Crippen LogP contribution is 2.13. The summed E-state index contributed by atoms with van der Waals surface area (Å²) in [5, 5.41) is 0. The molecule has 3 heteroatoms. The van der Waals surface area contributed by atoms with Crippen LogP contribution in [0.1, 0.15) is 43.1 Å². The molecule has 3 nitrogen and oxygen atoms in total. The maximum atomic E-state index is 12.0. The molecule has 0 amide bonds. The minimum Gasteiger partial charge on any atom is -0.379 e. The van der Waals surface area contributed by atoms with Gasteiger partial charge in [-0.3, -0.25) is 4.79 Å². The number of Topliss-reactive ketones (excluding diaryl/α,β-unsaturated/α-hetero) is 1. The fourth-order valence-electron chi connectivity index (χ4n) is 1.69.